The van der Waals surface area contributed by atoms with Crippen LogP contribution in [0.3, 0.4) is 0 Å². The standard InChI is InChI=1S/C24H31NO4/c1-24(2,3)19-11-8-17(9-12-19)16-25(4)22(26)13-10-18-14-20(27-5)23(29-7)21(15-18)28-6/h8-15H,16H2,1-7H3/b13-10+. The van der Waals surface area contributed by atoms with Crippen LogP contribution in [-0.4, -0.2) is 39.2 Å². The van der Waals surface area contributed by atoms with Crippen molar-refractivity contribution in [2.45, 2.75) is 32.7 Å². The van der Waals surface area contributed by atoms with Crippen LogP contribution in [0.5, 0.6) is 17.2 Å². The predicted octanol–water partition coefficient (Wildman–Crippen LogP) is 4.68. The lowest BCUT2D eigenvalue weighted by Gasteiger charge is -2.20. The Morgan fingerprint density at radius 3 is 1.97 bits per heavy atom. The van der Waals surface area contributed by atoms with Crippen molar-refractivity contribution in [3.05, 3.63) is 59.2 Å². The Morgan fingerprint density at radius 1 is 0.966 bits per heavy atom. The average Bonchev–Trinajstić information content (AvgIpc) is 2.70. The SMILES string of the molecule is COc1cc(/C=C/C(=O)N(C)Cc2ccc(C(C)(C)C)cc2)cc(OC)c1OC. The van der Waals surface area contributed by atoms with Crippen LogP contribution >= 0.6 is 0 Å². The Bertz CT molecular complexity index is 838. The van der Waals surface area contributed by atoms with E-state index < -0.39 is 0 Å². The zero-order valence-electron chi connectivity index (χ0n) is 18.4. The third kappa shape index (κ3) is 5.76. The molecular weight excluding hydrogens is 366 g/mol. The molecule has 0 fully saturated rings. The van der Waals surface area contributed by atoms with Crippen molar-refractivity contribution in [1.82, 2.24) is 4.90 Å². The lowest BCUT2D eigenvalue weighted by Crippen LogP contribution is -2.24. The zero-order chi connectivity index (χ0) is 21.6. The molecule has 0 atom stereocenters. The van der Waals surface area contributed by atoms with Crippen LogP contribution < -0.4 is 14.2 Å². The fourth-order valence-electron chi connectivity index (χ4n) is 2.95. The molecule has 0 spiro atoms. The predicted molar refractivity (Wildman–Crippen MR) is 117 cm³/mol. The van der Waals surface area contributed by atoms with E-state index in [0.29, 0.717) is 23.8 Å². The Labute approximate surface area is 173 Å². The molecule has 0 saturated carbocycles. The van der Waals surface area contributed by atoms with Gasteiger partial charge in [-0.05, 0) is 40.3 Å². The summed E-state index contributed by atoms with van der Waals surface area (Å²) >= 11 is 0. The number of ether oxygens (including phenoxy) is 3. The van der Waals surface area contributed by atoms with Crippen LogP contribution in [0, 0.1) is 0 Å². The van der Waals surface area contributed by atoms with E-state index in [1.165, 1.54) is 5.56 Å². The van der Waals surface area contributed by atoms with Gasteiger partial charge >= 0.3 is 0 Å². The van der Waals surface area contributed by atoms with Crippen molar-refractivity contribution in [1.29, 1.82) is 0 Å². The summed E-state index contributed by atoms with van der Waals surface area (Å²) in [6.07, 6.45) is 3.29. The Balaban J connectivity index is 2.10. The van der Waals surface area contributed by atoms with Gasteiger partial charge in [-0.25, -0.2) is 0 Å². The molecule has 29 heavy (non-hydrogen) atoms. The highest BCUT2D eigenvalue weighted by atomic mass is 16.5. The van der Waals surface area contributed by atoms with E-state index in [9.17, 15) is 4.79 Å². The van der Waals surface area contributed by atoms with E-state index in [-0.39, 0.29) is 11.3 Å². The first-order valence-electron chi connectivity index (χ1n) is 9.52. The molecule has 0 radical (unpaired) electrons. The zero-order valence-corrected chi connectivity index (χ0v) is 18.4. The fourth-order valence-corrected chi connectivity index (χ4v) is 2.95. The molecule has 0 N–H and O–H groups in total. The minimum absolute atomic E-state index is 0.0846. The van der Waals surface area contributed by atoms with Gasteiger partial charge in [-0.15, -0.1) is 0 Å². The Kier molecular flexibility index (Phi) is 7.32. The minimum Gasteiger partial charge on any atom is -0.493 e. The van der Waals surface area contributed by atoms with Crippen molar-refractivity contribution in [3.63, 3.8) is 0 Å². The first kappa shape index (κ1) is 22.3. The molecule has 0 aliphatic rings. The highest BCUT2D eigenvalue weighted by Crippen LogP contribution is 2.38. The van der Waals surface area contributed by atoms with Gasteiger partial charge in [0, 0.05) is 19.7 Å². The maximum absolute atomic E-state index is 12.5. The number of hydrogen-bond acceptors (Lipinski definition) is 4. The van der Waals surface area contributed by atoms with Gasteiger partial charge in [-0.3, -0.25) is 4.79 Å². The van der Waals surface area contributed by atoms with Gasteiger partial charge < -0.3 is 19.1 Å². The summed E-state index contributed by atoms with van der Waals surface area (Å²) in [4.78, 5) is 14.2. The summed E-state index contributed by atoms with van der Waals surface area (Å²) in [5, 5.41) is 0. The number of amides is 1. The number of likely N-dealkylation sites (N-methyl/N-ethyl adjacent to an activating group) is 1. The van der Waals surface area contributed by atoms with Gasteiger partial charge in [0.25, 0.3) is 0 Å². The molecule has 0 aromatic heterocycles. The second-order valence-electron chi connectivity index (χ2n) is 7.93. The molecule has 2 aromatic rings. The second kappa shape index (κ2) is 9.50. The average molecular weight is 398 g/mol. The number of benzene rings is 2. The maximum Gasteiger partial charge on any atom is 0.246 e. The number of rotatable bonds is 7. The molecule has 1 amide bonds. The topological polar surface area (TPSA) is 48.0 Å². The van der Waals surface area contributed by atoms with E-state index in [0.717, 1.165) is 11.1 Å². The molecule has 5 heteroatoms. The molecule has 2 aromatic carbocycles. The van der Waals surface area contributed by atoms with Gasteiger partial charge in [0.1, 0.15) is 0 Å². The molecule has 0 aliphatic carbocycles. The van der Waals surface area contributed by atoms with Crippen LogP contribution in [0.1, 0.15) is 37.5 Å². The molecule has 0 aliphatic heterocycles. The van der Waals surface area contributed by atoms with Crippen molar-refractivity contribution < 1.29 is 19.0 Å². The lowest BCUT2D eigenvalue weighted by molar-refractivity contribution is -0.125. The first-order chi connectivity index (χ1) is 13.7. The van der Waals surface area contributed by atoms with Crippen LogP contribution in [-0.2, 0) is 16.8 Å². The molecule has 5 nitrogen and oxygen atoms in total. The summed E-state index contributed by atoms with van der Waals surface area (Å²) in [5.41, 5.74) is 3.27. The summed E-state index contributed by atoms with van der Waals surface area (Å²) < 4.78 is 16.0. The monoisotopic (exact) mass is 397 g/mol. The van der Waals surface area contributed by atoms with Gasteiger partial charge in [-0.2, -0.15) is 0 Å². The van der Waals surface area contributed by atoms with Crippen molar-refractivity contribution in [3.8, 4) is 17.2 Å². The molecule has 0 heterocycles. The number of hydrogen-bond donors (Lipinski definition) is 0. The van der Waals surface area contributed by atoms with Crippen LogP contribution in [0.2, 0.25) is 0 Å². The van der Waals surface area contributed by atoms with Crippen LogP contribution in [0.15, 0.2) is 42.5 Å². The van der Waals surface area contributed by atoms with E-state index in [1.54, 1.807) is 57.6 Å². The molecular formula is C24H31NO4. The van der Waals surface area contributed by atoms with Gasteiger partial charge in [0.2, 0.25) is 11.7 Å². The Hall–Kier alpha value is -2.95. The molecule has 2 rings (SSSR count). The van der Waals surface area contributed by atoms with Crippen LogP contribution in [0.4, 0.5) is 0 Å². The number of carbonyl (C=O) groups excluding carboxylic acids is 1. The molecule has 0 unspecified atom stereocenters. The van der Waals surface area contributed by atoms with Gasteiger partial charge in [-0.1, -0.05) is 45.0 Å². The van der Waals surface area contributed by atoms with E-state index in [4.69, 9.17) is 14.2 Å². The molecule has 0 saturated heterocycles. The summed E-state index contributed by atoms with van der Waals surface area (Å²) in [6.45, 7) is 7.10. The van der Waals surface area contributed by atoms with E-state index in [2.05, 4.69) is 45.0 Å². The summed E-state index contributed by atoms with van der Waals surface area (Å²) in [6, 6.07) is 12.0. The largest absolute Gasteiger partial charge is 0.493 e. The van der Waals surface area contributed by atoms with E-state index in [1.807, 2.05) is 0 Å². The Morgan fingerprint density at radius 2 is 1.52 bits per heavy atom. The lowest BCUT2D eigenvalue weighted by atomic mass is 9.87. The summed E-state index contributed by atoms with van der Waals surface area (Å²) in [7, 11) is 6.48. The quantitative estimate of drug-likeness (QED) is 0.637. The van der Waals surface area contributed by atoms with Crippen molar-refractivity contribution >= 4 is 12.0 Å². The highest BCUT2D eigenvalue weighted by Gasteiger charge is 2.14. The number of nitrogens with zero attached hydrogens (tertiary/aromatic N) is 1. The smallest absolute Gasteiger partial charge is 0.246 e. The fraction of sp³-hybridized carbons (Fsp3) is 0.375. The normalized spacial score (nSPS) is 11.4. The van der Waals surface area contributed by atoms with Crippen LogP contribution in [0.25, 0.3) is 6.08 Å². The molecule has 156 valence electrons. The van der Waals surface area contributed by atoms with E-state index >= 15 is 0 Å². The first-order valence-corrected chi connectivity index (χ1v) is 9.52. The van der Waals surface area contributed by atoms with Gasteiger partial charge in [0.15, 0.2) is 11.5 Å². The number of methoxy groups -OCH3 is 3. The molecule has 0 bridgehead atoms. The summed E-state index contributed by atoms with van der Waals surface area (Å²) in [5.74, 6) is 1.53. The van der Waals surface area contributed by atoms with Gasteiger partial charge in [0.05, 0.1) is 21.3 Å². The second-order valence-corrected chi connectivity index (χ2v) is 7.93. The van der Waals surface area contributed by atoms with Crippen molar-refractivity contribution in [2.24, 2.45) is 0 Å². The third-order valence-corrected chi connectivity index (χ3v) is 4.72. The number of carbonyl (C=O) groups is 1. The minimum atomic E-state index is -0.0846. The highest BCUT2D eigenvalue weighted by molar-refractivity contribution is 5.91. The maximum atomic E-state index is 12.5. The third-order valence-electron chi connectivity index (χ3n) is 4.72. The van der Waals surface area contributed by atoms with Crippen molar-refractivity contribution in [2.75, 3.05) is 28.4 Å².